The predicted molar refractivity (Wildman–Crippen MR) is 90.8 cm³/mol. The molecule has 0 spiro atoms. The SMILES string of the molecule is CCOC(=O)[C@@H]1CSCCN1S(=O)(=O)c1ccc(Br)cc1Cl. The fourth-order valence-electron chi connectivity index (χ4n) is 2.11. The van der Waals surface area contributed by atoms with Crippen LogP contribution in [0.5, 0.6) is 0 Å². The number of carbonyl (C=O) groups excluding carboxylic acids is 1. The van der Waals surface area contributed by atoms with Crippen LogP contribution in [0.15, 0.2) is 27.6 Å². The van der Waals surface area contributed by atoms with Gasteiger partial charge in [-0.3, -0.25) is 4.79 Å². The van der Waals surface area contributed by atoms with Gasteiger partial charge in [0.1, 0.15) is 10.9 Å². The summed E-state index contributed by atoms with van der Waals surface area (Å²) in [6, 6.07) is 3.75. The van der Waals surface area contributed by atoms with E-state index >= 15 is 0 Å². The zero-order chi connectivity index (χ0) is 16.3. The van der Waals surface area contributed by atoms with Crippen LogP contribution in [0.2, 0.25) is 5.02 Å². The van der Waals surface area contributed by atoms with Gasteiger partial charge >= 0.3 is 5.97 Å². The second kappa shape index (κ2) is 7.53. The van der Waals surface area contributed by atoms with Crippen molar-refractivity contribution in [2.45, 2.75) is 17.9 Å². The Balaban J connectivity index is 2.38. The third-order valence-corrected chi connectivity index (χ3v) is 7.03. The minimum atomic E-state index is -3.86. The fraction of sp³-hybridized carbons (Fsp3) is 0.462. The van der Waals surface area contributed by atoms with Crippen LogP contribution >= 0.6 is 39.3 Å². The van der Waals surface area contributed by atoms with Gasteiger partial charge in [0.25, 0.3) is 0 Å². The quantitative estimate of drug-likeness (QED) is 0.690. The van der Waals surface area contributed by atoms with E-state index < -0.39 is 22.0 Å². The third-order valence-electron chi connectivity index (χ3n) is 3.12. The molecule has 1 aromatic carbocycles. The van der Waals surface area contributed by atoms with E-state index in [1.165, 1.54) is 28.2 Å². The molecule has 0 bridgehead atoms. The zero-order valence-corrected chi connectivity index (χ0v) is 15.8. The second-order valence-electron chi connectivity index (χ2n) is 4.53. The first kappa shape index (κ1) is 18.1. The summed E-state index contributed by atoms with van der Waals surface area (Å²) in [6.07, 6.45) is 0. The maximum absolute atomic E-state index is 12.8. The lowest BCUT2D eigenvalue weighted by molar-refractivity contribution is -0.146. The van der Waals surface area contributed by atoms with Gasteiger partial charge in [0.2, 0.25) is 10.0 Å². The van der Waals surface area contributed by atoms with Crippen LogP contribution < -0.4 is 0 Å². The number of sulfonamides is 1. The van der Waals surface area contributed by atoms with E-state index in [0.29, 0.717) is 16.0 Å². The first-order chi connectivity index (χ1) is 10.4. The largest absolute Gasteiger partial charge is 0.465 e. The van der Waals surface area contributed by atoms with E-state index in [-0.39, 0.29) is 23.1 Å². The number of hydrogen-bond donors (Lipinski definition) is 0. The van der Waals surface area contributed by atoms with E-state index in [2.05, 4.69) is 15.9 Å². The van der Waals surface area contributed by atoms with Crippen LogP contribution in [0.4, 0.5) is 0 Å². The van der Waals surface area contributed by atoms with Gasteiger partial charge in [-0.2, -0.15) is 16.1 Å². The molecule has 9 heteroatoms. The molecule has 5 nitrogen and oxygen atoms in total. The second-order valence-corrected chi connectivity index (χ2v) is 8.86. The van der Waals surface area contributed by atoms with Gasteiger partial charge in [-0.25, -0.2) is 8.42 Å². The minimum absolute atomic E-state index is 0.00133. The zero-order valence-electron chi connectivity index (χ0n) is 11.8. The van der Waals surface area contributed by atoms with Crippen LogP contribution in [0, 0.1) is 0 Å². The minimum Gasteiger partial charge on any atom is -0.465 e. The van der Waals surface area contributed by atoms with Gasteiger partial charge in [0.15, 0.2) is 0 Å². The van der Waals surface area contributed by atoms with Gasteiger partial charge < -0.3 is 4.74 Å². The number of benzene rings is 1. The summed E-state index contributed by atoms with van der Waals surface area (Å²) < 4.78 is 32.6. The van der Waals surface area contributed by atoms with Crippen molar-refractivity contribution in [3.8, 4) is 0 Å². The van der Waals surface area contributed by atoms with Crippen molar-refractivity contribution in [1.29, 1.82) is 0 Å². The van der Waals surface area contributed by atoms with E-state index in [1.807, 2.05) is 0 Å². The van der Waals surface area contributed by atoms with Gasteiger partial charge in [-0.1, -0.05) is 27.5 Å². The molecular weight excluding hydrogens is 414 g/mol. The van der Waals surface area contributed by atoms with Gasteiger partial charge in [-0.05, 0) is 25.1 Å². The normalized spacial score (nSPS) is 19.9. The molecule has 0 aromatic heterocycles. The number of halogens is 2. The van der Waals surface area contributed by atoms with Crippen molar-refractivity contribution in [1.82, 2.24) is 4.31 Å². The molecule has 0 aliphatic carbocycles. The predicted octanol–water partition coefficient (Wildman–Crippen LogP) is 2.77. The topological polar surface area (TPSA) is 63.7 Å². The summed E-state index contributed by atoms with van der Waals surface area (Å²) in [5.74, 6) is 0.488. The molecule has 0 N–H and O–H groups in total. The summed E-state index contributed by atoms with van der Waals surface area (Å²) >= 11 is 10.8. The highest BCUT2D eigenvalue weighted by Gasteiger charge is 2.39. The molecule has 0 unspecified atom stereocenters. The molecular formula is C13H15BrClNO4S2. The van der Waals surface area contributed by atoms with Gasteiger partial charge in [0.05, 0.1) is 11.6 Å². The smallest absolute Gasteiger partial charge is 0.325 e. The number of hydrogen-bond acceptors (Lipinski definition) is 5. The van der Waals surface area contributed by atoms with E-state index in [9.17, 15) is 13.2 Å². The first-order valence-corrected chi connectivity index (χ1v) is 10.4. The Morgan fingerprint density at radius 1 is 1.55 bits per heavy atom. The number of carbonyl (C=O) groups is 1. The van der Waals surface area contributed by atoms with Gasteiger partial charge in [0, 0.05) is 22.5 Å². The van der Waals surface area contributed by atoms with Crippen LogP contribution in [0.25, 0.3) is 0 Å². The van der Waals surface area contributed by atoms with Crippen molar-refractivity contribution in [2.24, 2.45) is 0 Å². The van der Waals surface area contributed by atoms with E-state index in [1.54, 1.807) is 13.0 Å². The fourth-order valence-corrected chi connectivity index (χ4v) is 5.94. The Morgan fingerprint density at radius 3 is 2.91 bits per heavy atom. The molecule has 1 fully saturated rings. The number of esters is 1. The average molecular weight is 429 g/mol. The lowest BCUT2D eigenvalue weighted by atomic mass is 10.3. The molecule has 1 aliphatic heterocycles. The van der Waals surface area contributed by atoms with Crippen molar-refractivity contribution < 1.29 is 17.9 Å². The maximum atomic E-state index is 12.8. The number of rotatable bonds is 4. The average Bonchev–Trinajstić information content (AvgIpc) is 2.47. The first-order valence-electron chi connectivity index (χ1n) is 6.59. The summed E-state index contributed by atoms with van der Waals surface area (Å²) in [7, 11) is -3.86. The summed E-state index contributed by atoms with van der Waals surface area (Å²) in [5, 5.41) is 0.121. The molecule has 22 heavy (non-hydrogen) atoms. The molecule has 2 rings (SSSR count). The van der Waals surface area contributed by atoms with Crippen LogP contribution in [-0.2, 0) is 19.6 Å². The van der Waals surface area contributed by atoms with E-state index in [4.69, 9.17) is 16.3 Å². The molecule has 0 amide bonds. The highest BCUT2D eigenvalue weighted by Crippen LogP contribution is 2.31. The molecule has 1 saturated heterocycles. The van der Waals surface area contributed by atoms with Crippen molar-refractivity contribution >= 4 is 55.3 Å². The number of ether oxygens (including phenoxy) is 1. The Kier molecular flexibility index (Phi) is 6.18. The summed E-state index contributed by atoms with van der Waals surface area (Å²) in [5.41, 5.74) is 0. The molecule has 1 aromatic rings. The van der Waals surface area contributed by atoms with Gasteiger partial charge in [-0.15, -0.1) is 0 Å². The number of thioether (sulfide) groups is 1. The molecule has 1 heterocycles. The van der Waals surface area contributed by atoms with Crippen molar-refractivity contribution in [3.05, 3.63) is 27.7 Å². The van der Waals surface area contributed by atoms with Crippen LogP contribution in [0.3, 0.4) is 0 Å². The number of nitrogens with zero attached hydrogens (tertiary/aromatic N) is 1. The Labute approximate surface area is 147 Å². The molecule has 122 valence electrons. The molecule has 0 saturated carbocycles. The van der Waals surface area contributed by atoms with Crippen LogP contribution in [0.1, 0.15) is 6.92 Å². The standard InChI is InChI=1S/C13H15BrClNO4S2/c1-2-20-13(17)11-8-21-6-5-16(11)22(18,19)12-4-3-9(14)7-10(12)15/h3-4,7,11H,2,5-6,8H2,1H3/t11-/m0/s1. The van der Waals surface area contributed by atoms with Crippen molar-refractivity contribution in [3.63, 3.8) is 0 Å². The lowest BCUT2D eigenvalue weighted by Gasteiger charge is -2.32. The Morgan fingerprint density at radius 2 is 2.27 bits per heavy atom. The van der Waals surface area contributed by atoms with Crippen molar-refractivity contribution in [2.75, 3.05) is 24.7 Å². The lowest BCUT2D eigenvalue weighted by Crippen LogP contribution is -2.50. The monoisotopic (exact) mass is 427 g/mol. The summed E-state index contributed by atoms with van der Waals surface area (Å²) in [4.78, 5) is 12.0. The highest BCUT2D eigenvalue weighted by molar-refractivity contribution is 9.10. The van der Waals surface area contributed by atoms with Crippen LogP contribution in [-0.4, -0.2) is 49.4 Å². The molecule has 0 radical (unpaired) electrons. The Hall–Kier alpha value is -0.280. The molecule has 1 aliphatic rings. The third kappa shape index (κ3) is 3.79. The maximum Gasteiger partial charge on any atom is 0.325 e. The highest BCUT2D eigenvalue weighted by atomic mass is 79.9. The molecule has 1 atom stereocenters. The summed E-state index contributed by atoms with van der Waals surface area (Å²) in [6.45, 7) is 2.16. The Bertz CT molecular complexity index is 668. The van der Waals surface area contributed by atoms with E-state index in [0.717, 1.165) is 0 Å².